The van der Waals surface area contributed by atoms with Crippen LogP contribution in [0.15, 0.2) is 42.5 Å². The summed E-state index contributed by atoms with van der Waals surface area (Å²) in [6, 6.07) is 12.1. The minimum atomic E-state index is -0.986. The third-order valence-corrected chi connectivity index (χ3v) is 4.06. The zero-order valence-corrected chi connectivity index (χ0v) is 12.6. The second-order valence-electron chi connectivity index (χ2n) is 4.32. The van der Waals surface area contributed by atoms with Gasteiger partial charge in [0.2, 0.25) is 0 Å². The highest BCUT2D eigenvalue weighted by Crippen LogP contribution is 2.34. The molecule has 0 spiro atoms. The maximum absolute atomic E-state index is 11.6. The Hall–Kier alpha value is -1.22. The highest BCUT2D eigenvalue weighted by Gasteiger charge is 2.25. The molecule has 2 rings (SSSR count). The van der Waals surface area contributed by atoms with Crippen LogP contribution in [0.5, 0.6) is 0 Å². The summed E-state index contributed by atoms with van der Waals surface area (Å²) in [5, 5.41) is 10.7. The van der Waals surface area contributed by atoms with Crippen molar-refractivity contribution < 1.29 is 9.90 Å². The van der Waals surface area contributed by atoms with E-state index in [1.54, 1.807) is 36.4 Å². The lowest BCUT2D eigenvalue weighted by molar-refractivity contribution is -0.138. The highest BCUT2D eigenvalue weighted by molar-refractivity contribution is 6.36. The predicted molar refractivity (Wildman–Crippen MR) is 82.0 cm³/mol. The molecular formula is C15H11Cl3O2. The molecule has 0 bridgehead atoms. The maximum atomic E-state index is 11.6. The molecule has 1 atom stereocenters. The molecule has 2 aromatic rings. The van der Waals surface area contributed by atoms with Gasteiger partial charge in [-0.15, -0.1) is 0 Å². The average Bonchev–Trinajstić information content (AvgIpc) is 2.39. The van der Waals surface area contributed by atoms with Gasteiger partial charge in [0.1, 0.15) is 0 Å². The van der Waals surface area contributed by atoms with Crippen molar-refractivity contribution in [2.75, 3.05) is 0 Å². The third-order valence-electron chi connectivity index (χ3n) is 3.03. The van der Waals surface area contributed by atoms with Gasteiger partial charge in [-0.1, -0.05) is 59.1 Å². The van der Waals surface area contributed by atoms with Gasteiger partial charge < -0.3 is 5.11 Å². The number of rotatable bonds is 4. The molecule has 0 aromatic heterocycles. The summed E-state index contributed by atoms with van der Waals surface area (Å²) in [4.78, 5) is 11.6. The van der Waals surface area contributed by atoms with Crippen LogP contribution in [0.1, 0.15) is 17.0 Å². The second kappa shape index (κ2) is 6.49. The fourth-order valence-electron chi connectivity index (χ4n) is 2.04. The highest BCUT2D eigenvalue weighted by atomic mass is 35.5. The molecule has 1 unspecified atom stereocenters. The van der Waals surface area contributed by atoms with E-state index in [2.05, 4.69) is 0 Å². The van der Waals surface area contributed by atoms with Crippen LogP contribution in [0, 0.1) is 0 Å². The number of benzene rings is 2. The van der Waals surface area contributed by atoms with Gasteiger partial charge in [0.15, 0.2) is 0 Å². The summed E-state index contributed by atoms with van der Waals surface area (Å²) in [6.45, 7) is 0. The van der Waals surface area contributed by atoms with E-state index in [1.807, 2.05) is 6.07 Å². The zero-order valence-electron chi connectivity index (χ0n) is 10.3. The molecule has 0 saturated heterocycles. The van der Waals surface area contributed by atoms with Crippen molar-refractivity contribution >= 4 is 40.8 Å². The Morgan fingerprint density at radius 1 is 0.950 bits per heavy atom. The Kier molecular flexibility index (Phi) is 4.92. The first-order valence-electron chi connectivity index (χ1n) is 5.91. The van der Waals surface area contributed by atoms with E-state index in [0.717, 1.165) is 5.56 Å². The van der Waals surface area contributed by atoms with Crippen LogP contribution in [0.25, 0.3) is 0 Å². The molecule has 0 saturated carbocycles. The summed E-state index contributed by atoms with van der Waals surface area (Å²) in [6.07, 6.45) is 0.235. The lowest BCUT2D eigenvalue weighted by Crippen LogP contribution is -2.15. The number of carboxylic acids is 1. The Balaban J connectivity index is 2.43. The van der Waals surface area contributed by atoms with Gasteiger partial charge in [0, 0.05) is 20.6 Å². The number of halogens is 3. The zero-order chi connectivity index (χ0) is 14.7. The molecule has 0 aliphatic rings. The Morgan fingerprint density at radius 3 is 2.05 bits per heavy atom. The van der Waals surface area contributed by atoms with Crippen molar-refractivity contribution in [3.63, 3.8) is 0 Å². The topological polar surface area (TPSA) is 37.3 Å². The van der Waals surface area contributed by atoms with Crippen molar-refractivity contribution in [2.45, 2.75) is 12.3 Å². The van der Waals surface area contributed by atoms with Crippen molar-refractivity contribution in [3.05, 3.63) is 68.7 Å². The Morgan fingerprint density at radius 2 is 1.50 bits per heavy atom. The van der Waals surface area contributed by atoms with E-state index >= 15 is 0 Å². The van der Waals surface area contributed by atoms with Gasteiger partial charge in [0.05, 0.1) is 5.92 Å². The number of aliphatic carboxylic acids is 1. The minimum absolute atomic E-state index is 0.235. The Bertz CT molecular complexity index is 621. The SMILES string of the molecule is O=C(O)C(Cc1ccccc1Cl)c1c(Cl)cccc1Cl. The fraction of sp³-hybridized carbons (Fsp3) is 0.133. The van der Waals surface area contributed by atoms with Crippen molar-refractivity contribution in [3.8, 4) is 0 Å². The average molecular weight is 330 g/mol. The predicted octanol–water partition coefficient (Wildman–Crippen LogP) is 5.06. The first-order chi connectivity index (χ1) is 9.50. The molecule has 5 heteroatoms. The minimum Gasteiger partial charge on any atom is -0.481 e. The van der Waals surface area contributed by atoms with E-state index in [9.17, 15) is 9.90 Å². The van der Waals surface area contributed by atoms with Gasteiger partial charge in [0.25, 0.3) is 0 Å². The molecule has 0 radical (unpaired) electrons. The molecule has 1 N–H and O–H groups in total. The van der Waals surface area contributed by atoms with Gasteiger partial charge in [-0.2, -0.15) is 0 Å². The number of carboxylic acid groups (broad SMARTS) is 1. The van der Waals surface area contributed by atoms with Gasteiger partial charge in [-0.05, 0) is 30.2 Å². The van der Waals surface area contributed by atoms with Crippen LogP contribution in [0.3, 0.4) is 0 Å². The van der Waals surface area contributed by atoms with Gasteiger partial charge >= 0.3 is 5.97 Å². The molecule has 0 heterocycles. The largest absolute Gasteiger partial charge is 0.481 e. The molecule has 20 heavy (non-hydrogen) atoms. The lowest BCUT2D eigenvalue weighted by atomic mass is 9.92. The van der Waals surface area contributed by atoms with Gasteiger partial charge in [-0.3, -0.25) is 4.79 Å². The standard InChI is InChI=1S/C15H11Cl3O2/c16-11-5-2-1-4-9(11)8-10(15(19)20)14-12(17)6-3-7-13(14)18/h1-7,10H,8H2,(H,19,20). The normalized spacial score (nSPS) is 12.2. The van der Waals surface area contributed by atoms with E-state index in [0.29, 0.717) is 20.6 Å². The van der Waals surface area contributed by atoms with Crippen LogP contribution < -0.4 is 0 Å². The van der Waals surface area contributed by atoms with E-state index < -0.39 is 11.9 Å². The Labute approximate surface area is 131 Å². The molecule has 104 valence electrons. The smallest absolute Gasteiger partial charge is 0.311 e. The summed E-state index contributed by atoms with van der Waals surface area (Å²) >= 11 is 18.3. The molecule has 2 nitrogen and oxygen atoms in total. The molecular weight excluding hydrogens is 319 g/mol. The van der Waals surface area contributed by atoms with Crippen LogP contribution in [-0.2, 0) is 11.2 Å². The first kappa shape index (κ1) is 15.2. The monoisotopic (exact) mass is 328 g/mol. The van der Waals surface area contributed by atoms with Crippen LogP contribution >= 0.6 is 34.8 Å². The fourth-order valence-corrected chi connectivity index (χ4v) is 2.91. The molecule has 0 aliphatic carbocycles. The van der Waals surface area contributed by atoms with Gasteiger partial charge in [-0.25, -0.2) is 0 Å². The number of hydrogen-bond acceptors (Lipinski definition) is 1. The maximum Gasteiger partial charge on any atom is 0.311 e. The summed E-state index contributed by atoms with van der Waals surface area (Å²) in [7, 11) is 0. The molecule has 0 aliphatic heterocycles. The quantitative estimate of drug-likeness (QED) is 0.851. The number of carbonyl (C=O) groups is 1. The van der Waals surface area contributed by atoms with Crippen LogP contribution in [-0.4, -0.2) is 11.1 Å². The van der Waals surface area contributed by atoms with Crippen molar-refractivity contribution in [1.29, 1.82) is 0 Å². The number of hydrogen-bond donors (Lipinski definition) is 1. The summed E-state index contributed by atoms with van der Waals surface area (Å²) < 4.78 is 0. The first-order valence-corrected chi connectivity index (χ1v) is 7.04. The second-order valence-corrected chi connectivity index (χ2v) is 5.54. The molecule has 0 amide bonds. The van der Waals surface area contributed by atoms with E-state index in [1.165, 1.54) is 0 Å². The van der Waals surface area contributed by atoms with Crippen LogP contribution in [0.2, 0.25) is 15.1 Å². The summed E-state index contributed by atoms with van der Waals surface area (Å²) in [5.41, 5.74) is 1.17. The molecule has 2 aromatic carbocycles. The van der Waals surface area contributed by atoms with Crippen molar-refractivity contribution in [2.24, 2.45) is 0 Å². The van der Waals surface area contributed by atoms with E-state index in [-0.39, 0.29) is 6.42 Å². The van der Waals surface area contributed by atoms with E-state index in [4.69, 9.17) is 34.8 Å². The third kappa shape index (κ3) is 3.26. The summed E-state index contributed by atoms with van der Waals surface area (Å²) in [5.74, 6) is -1.82. The molecule has 0 fully saturated rings. The van der Waals surface area contributed by atoms with Crippen LogP contribution in [0.4, 0.5) is 0 Å². The lowest BCUT2D eigenvalue weighted by Gasteiger charge is -2.16. The van der Waals surface area contributed by atoms with Crippen molar-refractivity contribution in [1.82, 2.24) is 0 Å².